The first-order valence-electron chi connectivity index (χ1n) is 4.85. The number of nitrogens with zero attached hydrogens (tertiary/aromatic N) is 3. The number of Topliss-reactive ketones (excluding diaryl/α,β-unsaturated/α-hetero) is 1. The first-order chi connectivity index (χ1) is 8.72. The fraction of sp³-hybridized carbons (Fsp3) is 0.857. The second kappa shape index (κ2) is 8.20. The minimum absolute atomic E-state index is 0.335. The number of ether oxygens (including phenoxy) is 1. The van der Waals surface area contributed by atoms with E-state index in [1.54, 1.807) is 0 Å². The van der Waals surface area contributed by atoms with Crippen LogP contribution in [0.25, 0.3) is 10.4 Å². The van der Waals surface area contributed by atoms with Crippen molar-refractivity contribution in [3.05, 3.63) is 10.4 Å². The quantitative estimate of drug-likeness (QED) is 0.175. The van der Waals surface area contributed by atoms with Gasteiger partial charge in [-0.05, 0) is 5.53 Å². The molecular formula is C7H14N3O8P. The highest BCUT2D eigenvalue weighted by Gasteiger charge is 2.32. The van der Waals surface area contributed by atoms with Crippen LogP contribution in [-0.4, -0.2) is 64.4 Å². The third-order valence-corrected chi connectivity index (χ3v) is 2.50. The van der Waals surface area contributed by atoms with Gasteiger partial charge in [-0.1, -0.05) is 5.11 Å². The monoisotopic (exact) mass is 299 g/mol. The molecule has 0 spiro atoms. The van der Waals surface area contributed by atoms with Crippen LogP contribution in [0.3, 0.4) is 0 Å². The molecule has 0 bridgehead atoms. The number of phosphoric acid groups is 1. The van der Waals surface area contributed by atoms with Gasteiger partial charge in [-0.3, -0.25) is 9.32 Å². The summed E-state index contributed by atoms with van der Waals surface area (Å²) in [5, 5.41) is 22.1. The molecule has 0 aliphatic rings. The van der Waals surface area contributed by atoms with Crippen LogP contribution in [0.5, 0.6) is 0 Å². The smallest absolute Gasteiger partial charge is 0.387 e. The summed E-state index contributed by atoms with van der Waals surface area (Å²) in [5.41, 5.74) is 8.10. The van der Waals surface area contributed by atoms with Gasteiger partial charge in [0, 0.05) is 12.0 Å². The molecule has 0 rings (SSSR count). The SMILES string of the molecule is COC(CN=[N+]=[N-])C(O)C(O)C(=O)COP(=O)(O)O. The number of carbonyl (C=O) groups is 1. The van der Waals surface area contributed by atoms with E-state index in [1.807, 2.05) is 0 Å². The molecule has 0 heterocycles. The van der Waals surface area contributed by atoms with Gasteiger partial charge in [0.2, 0.25) is 0 Å². The lowest BCUT2D eigenvalue weighted by molar-refractivity contribution is -0.141. The number of aliphatic hydroxyl groups is 2. The van der Waals surface area contributed by atoms with Crippen molar-refractivity contribution >= 4 is 13.6 Å². The highest BCUT2D eigenvalue weighted by molar-refractivity contribution is 7.46. The number of rotatable bonds is 9. The maximum absolute atomic E-state index is 11.3. The Kier molecular flexibility index (Phi) is 7.76. The van der Waals surface area contributed by atoms with E-state index in [1.165, 1.54) is 0 Å². The fourth-order valence-corrected chi connectivity index (χ4v) is 1.36. The minimum Gasteiger partial charge on any atom is -0.387 e. The van der Waals surface area contributed by atoms with E-state index in [2.05, 4.69) is 14.5 Å². The van der Waals surface area contributed by atoms with Gasteiger partial charge in [0.15, 0.2) is 5.78 Å². The Hall–Kier alpha value is -1.03. The maximum Gasteiger partial charge on any atom is 0.470 e. The largest absolute Gasteiger partial charge is 0.470 e. The summed E-state index contributed by atoms with van der Waals surface area (Å²) in [5.74, 6) is -1.15. The van der Waals surface area contributed by atoms with Crippen LogP contribution in [0.4, 0.5) is 0 Å². The van der Waals surface area contributed by atoms with E-state index < -0.39 is 38.5 Å². The zero-order valence-corrected chi connectivity index (χ0v) is 10.8. The Balaban J connectivity index is 4.51. The van der Waals surface area contributed by atoms with Gasteiger partial charge < -0.3 is 24.7 Å². The fourth-order valence-electron chi connectivity index (χ4n) is 1.07. The Morgan fingerprint density at radius 3 is 2.47 bits per heavy atom. The Morgan fingerprint density at radius 2 is 2.05 bits per heavy atom. The lowest BCUT2D eigenvalue weighted by atomic mass is 10.0. The van der Waals surface area contributed by atoms with Crippen LogP contribution < -0.4 is 0 Å². The van der Waals surface area contributed by atoms with Crippen LogP contribution in [0, 0.1) is 0 Å². The lowest BCUT2D eigenvalue weighted by Crippen LogP contribution is -2.45. The van der Waals surface area contributed by atoms with Crippen LogP contribution in [0.2, 0.25) is 0 Å². The molecule has 0 aromatic rings. The molecule has 0 fully saturated rings. The molecule has 0 aromatic carbocycles. The standard InChI is InChI=1S/C7H14N3O8P/c1-17-5(2-9-10-8)7(13)6(12)4(11)3-18-19(14,15)16/h5-7,12-13H,2-3H2,1H3,(H2,14,15,16). The Bertz CT molecular complexity index is 392. The molecule has 0 aliphatic heterocycles. The number of aliphatic hydroxyl groups excluding tert-OH is 2. The van der Waals surface area contributed by atoms with E-state index in [4.69, 9.17) is 20.1 Å². The summed E-state index contributed by atoms with van der Waals surface area (Å²) in [4.78, 5) is 30.4. The normalized spacial score (nSPS) is 16.3. The van der Waals surface area contributed by atoms with Crippen LogP contribution >= 0.6 is 7.82 Å². The van der Waals surface area contributed by atoms with Crippen molar-refractivity contribution < 1.29 is 38.6 Å². The highest BCUT2D eigenvalue weighted by Crippen LogP contribution is 2.35. The molecule has 0 aliphatic carbocycles. The number of azide groups is 1. The average Bonchev–Trinajstić information content (AvgIpc) is 2.34. The summed E-state index contributed by atoms with van der Waals surface area (Å²) in [6, 6.07) is 0. The molecule has 0 aromatic heterocycles. The summed E-state index contributed by atoms with van der Waals surface area (Å²) < 4.78 is 18.9. The van der Waals surface area contributed by atoms with Crippen molar-refractivity contribution in [3.63, 3.8) is 0 Å². The molecule has 3 atom stereocenters. The van der Waals surface area contributed by atoms with Gasteiger partial charge in [-0.25, -0.2) is 4.57 Å². The van der Waals surface area contributed by atoms with Crippen LogP contribution in [0.15, 0.2) is 5.11 Å². The van der Waals surface area contributed by atoms with Crippen molar-refractivity contribution in [2.45, 2.75) is 18.3 Å². The van der Waals surface area contributed by atoms with Crippen molar-refractivity contribution in [1.29, 1.82) is 0 Å². The molecule has 0 radical (unpaired) electrons. The van der Waals surface area contributed by atoms with E-state index in [0.29, 0.717) is 0 Å². The highest BCUT2D eigenvalue weighted by atomic mass is 31.2. The zero-order chi connectivity index (χ0) is 15.1. The van der Waals surface area contributed by atoms with Gasteiger partial charge in [0.25, 0.3) is 0 Å². The molecular weight excluding hydrogens is 285 g/mol. The molecule has 3 unspecified atom stereocenters. The molecule has 0 saturated carbocycles. The molecule has 19 heavy (non-hydrogen) atoms. The average molecular weight is 299 g/mol. The van der Waals surface area contributed by atoms with Crippen LogP contribution in [0.1, 0.15) is 0 Å². The van der Waals surface area contributed by atoms with Crippen molar-refractivity contribution in [2.75, 3.05) is 20.3 Å². The number of hydrogen-bond acceptors (Lipinski definition) is 7. The first-order valence-corrected chi connectivity index (χ1v) is 6.38. The predicted octanol–water partition coefficient (Wildman–Crippen LogP) is -1.29. The topological polar surface area (TPSA) is 182 Å². The third kappa shape index (κ3) is 7.21. The Morgan fingerprint density at radius 1 is 1.47 bits per heavy atom. The summed E-state index contributed by atoms with van der Waals surface area (Å²) in [6.45, 7) is -1.42. The minimum atomic E-state index is -4.85. The van der Waals surface area contributed by atoms with Crippen LogP contribution in [-0.2, 0) is 18.6 Å². The van der Waals surface area contributed by atoms with E-state index >= 15 is 0 Å². The van der Waals surface area contributed by atoms with Gasteiger partial charge in [-0.15, -0.1) is 0 Å². The summed E-state index contributed by atoms with van der Waals surface area (Å²) >= 11 is 0. The van der Waals surface area contributed by atoms with Gasteiger partial charge in [0.1, 0.15) is 18.8 Å². The maximum atomic E-state index is 11.3. The second-order valence-electron chi connectivity index (χ2n) is 3.35. The van der Waals surface area contributed by atoms with Crippen molar-refractivity contribution in [3.8, 4) is 0 Å². The second-order valence-corrected chi connectivity index (χ2v) is 4.59. The van der Waals surface area contributed by atoms with E-state index in [9.17, 15) is 19.6 Å². The predicted molar refractivity (Wildman–Crippen MR) is 59.8 cm³/mol. The molecule has 12 heteroatoms. The molecule has 0 amide bonds. The molecule has 11 nitrogen and oxygen atoms in total. The summed E-state index contributed by atoms with van der Waals surface area (Å²) in [6.07, 6.45) is -4.88. The van der Waals surface area contributed by atoms with Crippen molar-refractivity contribution in [2.24, 2.45) is 5.11 Å². The number of hydrogen-bond donors (Lipinski definition) is 4. The molecule has 0 saturated heterocycles. The van der Waals surface area contributed by atoms with Gasteiger partial charge >= 0.3 is 7.82 Å². The van der Waals surface area contributed by atoms with Crippen molar-refractivity contribution in [1.82, 2.24) is 0 Å². The zero-order valence-electron chi connectivity index (χ0n) is 9.86. The molecule has 4 N–H and O–H groups in total. The number of carbonyl (C=O) groups excluding carboxylic acids is 1. The van der Waals surface area contributed by atoms with E-state index in [-0.39, 0.29) is 6.54 Å². The molecule has 110 valence electrons. The lowest BCUT2D eigenvalue weighted by Gasteiger charge is -2.23. The number of phosphoric ester groups is 1. The van der Waals surface area contributed by atoms with Gasteiger partial charge in [-0.2, -0.15) is 0 Å². The van der Waals surface area contributed by atoms with E-state index in [0.717, 1.165) is 7.11 Å². The third-order valence-electron chi connectivity index (χ3n) is 2.04. The summed E-state index contributed by atoms with van der Waals surface area (Å²) in [7, 11) is -3.69. The Labute approximate surface area is 107 Å². The first kappa shape index (κ1) is 18.0. The number of ketones is 1. The van der Waals surface area contributed by atoms with Gasteiger partial charge in [0.05, 0.1) is 12.6 Å². The number of methoxy groups -OCH3 is 1.